The molecule has 0 aliphatic carbocycles. The van der Waals surface area contributed by atoms with Gasteiger partial charge in [0, 0.05) is 24.7 Å². The van der Waals surface area contributed by atoms with E-state index < -0.39 is 33.7 Å². The highest BCUT2D eigenvalue weighted by Crippen LogP contribution is 2.29. The predicted octanol–water partition coefficient (Wildman–Crippen LogP) is 1.86. The van der Waals surface area contributed by atoms with Crippen molar-refractivity contribution in [1.29, 1.82) is 0 Å². The number of halogens is 3. The van der Waals surface area contributed by atoms with Gasteiger partial charge < -0.3 is 5.32 Å². The van der Waals surface area contributed by atoms with Gasteiger partial charge >= 0.3 is 6.18 Å². The van der Waals surface area contributed by atoms with Crippen LogP contribution in [0.25, 0.3) is 0 Å². The largest absolute Gasteiger partial charge is 0.416 e. The van der Waals surface area contributed by atoms with Gasteiger partial charge in [-0.15, -0.1) is 0 Å². The van der Waals surface area contributed by atoms with Crippen molar-refractivity contribution in [2.24, 2.45) is 0 Å². The van der Waals surface area contributed by atoms with E-state index in [2.05, 4.69) is 5.32 Å². The second-order valence-corrected chi connectivity index (χ2v) is 7.49. The Labute approximate surface area is 132 Å². The topological polar surface area (TPSA) is 66.5 Å². The molecule has 5 nitrogen and oxygen atoms in total. The van der Waals surface area contributed by atoms with E-state index in [1.165, 1.54) is 16.4 Å². The Morgan fingerprint density at radius 2 is 2.04 bits per heavy atom. The molecule has 1 N–H and O–H groups in total. The normalized spacial score (nSPS) is 20.3. The third-order valence-electron chi connectivity index (χ3n) is 3.64. The molecule has 1 atom stereocenters. The van der Waals surface area contributed by atoms with E-state index in [-0.39, 0.29) is 12.1 Å². The minimum absolute atomic E-state index is 0.101. The molecule has 1 saturated heterocycles. The number of piperidine rings is 1. The number of benzene rings is 1. The monoisotopic (exact) mass is 350 g/mol. The Morgan fingerprint density at radius 3 is 2.65 bits per heavy atom. The second kappa shape index (κ2) is 6.48. The third-order valence-corrected chi connectivity index (χ3v) is 4.91. The average molecular weight is 350 g/mol. The Kier molecular flexibility index (Phi) is 5.00. The number of nitrogens with zero attached hydrogens (tertiary/aromatic N) is 1. The van der Waals surface area contributed by atoms with Gasteiger partial charge in [-0.2, -0.15) is 13.2 Å². The number of amides is 1. The van der Waals surface area contributed by atoms with E-state index in [9.17, 15) is 26.4 Å². The molecule has 0 saturated carbocycles. The number of carbonyl (C=O) groups excluding carboxylic acids is 1. The lowest BCUT2D eigenvalue weighted by molar-refractivity contribution is -0.137. The molecule has 1 fully saturated rings. The maximum atomic E-state index is 12.7. The van der Waals surface area contributed by atoms with Gasteiger partial charge in [0.25, 0.3) is 5.91 Å². The van der Waals surface area contributed by atoms with Crippen LogP contribution in [-0.2, 0) is 16.2 Å². The minimum atomic E-state index is -4.52. The summed E-state index contributed by atoms with van der Waals surface area (Å²) in [5.74, 6) is -0.642. The summed E-state index contributed by atoms with van der Waals surface area (Å²) in [6, 6.07) is 3.72. The fraction of sp³-hybridized carbons (Fsp3) is 0.500. The predicted molar refractivity (Wildman–Crippen MR) is 78.3 cm³/mol. The van der Waals surface area contributed by atoms with Gasteiger partial charge in [0.05, 0.1) is 11.8 Å². The van der Waals surface area contributed by atoms with E-state index in [0.717, 1.165) is 18.4 Å². The number of hydrogen-bond acceptors (Lipinski definition) is 3. The molecule has 0 radical (unpaired) electrons. The molecule has 2 rings (SSSR count). The van der Waals surface area contributed by atoms with E-state index in [1.807, 2.05) is 0 Å². The van der Waals surface area contributed by atoms with Gasteiger partial charge in [0.2, 0.25) is 10.0 Å². The summed E-state index contributed by atoms with van der Waals surface area (Å²) in [6.07, 6.45) is -2.27. The van der Waals surface area contributed by atoms with Gasteiger partial charge in [-0.25, -0.2) is 12.7 Å². The highest BCUT2D eigenvalue weighted by molar-refractivity contribution is 7.88. The molecule has 1 aliphatic rings. The first-order valence-corrected chi connectivity index (χ1v) is 8.85. The molecule has 1 unspecified atom stereocenters. The summed E-state index contributed by atoms with van der Waals surface area (Å²) in [5.41, 5.74) is -0.997. The Bertz CT molecular complexity index is 689. The molecule has 1 aromatic carbocycles. The van der Waals surface area contributed by atoms with Crippen LogP contribution in [0.5, 0.6) is 0 Å². The molecular formula is C14H17F3N2O3S. The Morgan fingerprint density at radius 1 is 1.35 bits per heavy atom. The molecule has 0 aromatic heterocycles. The third kappa shape index (κ3) is 4.68. The lowest BCUT2D eigenvalue weighted by Gasteiger charge is -2.31. The van der Waals surface area contributed by atoms with Gasteiger partial charge in [0.1, 0.15) is 0 Å². The first kappa shape index (κ1) is 17.7. The number of alkyl halides is 3. The SMILES string of the molecule is CS(=O)(=O)N1CCCC(NC(=O)c2cccc(C(F)(F)F)c2)C1. The van der Waals surface area contributed by atoms with Crippen molar-refractivity contribution in [2.75, 3.05) is 19.3 Å². The van der Waals surface area contributed by atoms with E-state index in [1.54, 1.807) is 0 Å². The summed E-state index contributed by atoms with van der Waals surface area (Å²) in [5, 5.41) is 2.60. The number of nitrogens with one attached hydrogen (secondary N) is 1. The van der Waals surface area contributed by atoms with Gasteiger partial charge in [-0.3, -0.25) is 4.79 Å². The van der Waals surface area contributed by atoms with Gasteiger partial charge in [0.15, 0.2) is 0 Å². The molecule has 1 amide bonds. The number of carbonyl (C=O) groups is 1. The molecule has 23 heavy (non-hydrogen) atoms. The zero-order chi connectivity index (χ0) is 17.3. The number of hydrogen-bond donors (Lipinski definition) is 1. The average Bonchev–Trinajstić information content (AvgIpc) is 2.46. The van der Waals surface area contributed by atoms with Crippen LogP contribution in [-0.4, -0.2) is 44.0 Å². The zero-order valence-corrected chi connectivity index (χ0v) is 13.2. The number of rotatable bonds is 3. The van der Waals surface area contributed by atoms with E-state index >= 15 is 0 Å². The van der Waals surface area contributed by atoms with Gasteiger partial charge in [-0.05, 0) is 31.0 Å². The van der Waals surface area contributed by atoms with Crippen molar-refractivity contribution in [3.8, 4) is 0 Å². The van der Waals surface area contributed by atoms with Crippen LogP contribution in [0.15, 0.2) is 24.3 Å². The molecule has 1 heterocycles. The lowest BCUT2D eigenvalue weighted by Crippen LogP contribution is -2.49. The summed E-state index contributed by atoms with van der Waals surface area (Å²) < 4.78 is 62.3. The van der Waals surface area contributed by atoms with Crippen molar-refractivity contribution in [3.05, 3.63) is 35.4 Å². The molecule has 1 aromatic rings. The van der Waals surface area contributed by atoms with Crippen LogP contribution < -0.4 is 5.32 Å². The maximum absolute atomic E-state index is 12.7. The highest BCUT2D eigenvalue weighted by atomic mass is 32.2. The summed E-state index contributed by atoms with van der Waals surface area (Å²) in [4.78, 5) is 12.1. The quantitative estimate of drug-likeness (QED) is 0.905. The molecule has 9 heteroatoms. The summed E-state index contributed by atoms with van der Waals surface area (Å²) in [6.45, 7) is 0.512. The molecule has 0 bridgehead atoms. The maximum Gasteiger partial charge on any atom is 0.416 e. The summed E-state index contributed by atoms with van der Waals surface area (Å²) >= 11 is 0. The van der Waals surface area contributed by atoms with E-state index in [0.29, 0.717) is 19.4 Å². The van der Waals surface area contributed by atoms with E-state index in [4.69, 9.17) is 0 Å². The zero-order valence-electron chi connectivity index (χ0n) is 12.4. The van der Waals surface area contributed by atoms with Crippen LogP contribution in [0.1, 0.15) is 28.8 Å². The second-order valence-electron chi connectivity index (χ2n) is 5.51. The van der Waals surface area contributed by atoms with Crippen molar-refractivity contribution in [3.63, 3.8) is 0 Å². The smallest absolute Gasteiger partial charge is 0.348 e. The van der Waals surface area contributed by atoms with Crippen LogP contribution in [0.3, 0.4) is 0 Å². The Hall–Kier alpha value is -1.61. The minimum Gasteiger partial charge on any atom is -0.348 e. The fourth-order valence-corrected chi connectivity index (χ4v) is 3.38. The van der Waals surface area contributed by atoms with Crippen LogP contribution >= 0.6 is 0 Å². The molecule has 0 spiro atoms. The summed E-state index contributed by atoms with van der Waals surface area (Å²) in [7, 11) is -3.35. The molecule has 128 valence electrons. The fourth-order valence-electron chi connectivity index (χ4n) is 2.47. The highest BCUT2D eigenvalue weighted by Gasteiger charge is 2.31. The molecule has 1 aliphatic heterocycles. The van der Waals surface area contributed by atoms with Gasteiger partial charge in [-0.1, -0.05) is 6.07 Å². The standard InChI is InChI=1S/C14H17F3N2O3S/c1-23(21,22)19-7-3-6-12(9-19)18-13(20)10-4-2-5-11(8-10)14(15,16)17/h2,4-5,8,12H,3,6-7,9H2,1H3,(H,18,20). The lowest BCUT2D eigenvalue weighted by atomic mass is 10.1. The van der Waals surface area contributed by atoms with Crippen molar-refractivity contribution < 1.29 is 26.4 Å². The first-order chi connectivity index (χ1) is 10.6. The van der Waals surface area contributed by atoms with Crippen molar-refractivity contribution in [2.45, 2.75) is 25.1 Å². The van der Waals surface area contributed by atoms with Crippen LogP contribution in [0, 0.1) is 0 Å². The van der Waals surface area contributed by atoms with Crippen LogP contribution in [0.2, 0.25) is 0 Å². The van der Waals surface area contributed by atoms with Crippen LogP contribution in [0.4, 0.5) is 13.2 Å². The number of sulfonamides is 1. The first-order valence-electron chi connectivity index (χ1n) is 7.00. The van der Waals surface area contributed by atoms with Crippen molar-refractivity contribution >= 4 is 15.9 Å². The Balaban J connectivity index is 2.07. The molecular weight excluding hydrogens is 333 g/mol. The van der Waals surface area contributed by atoms with Crippen molar-refractivity contribution in [1.82, 2.24) is 9.62 Å².